The molecular formula is C16H23N3O2. The summed E-state index contributed by atoms with van der Waals surface area (Å²) in [6, 6.07) is 5.99. The van der Waals surface area contributed by atoms with E-state index < -0.39 is 0 Å². The third kappa shape index (κ3) is 2.89. The van der Waals surface area contributed by atoms with E-state index in [-0.39, 0.29) is 11.9 Å². The largest absolute Gasteiger partial charge is 0.381 e. The zero-order valence-corrected chi connectivity index (χ0v) is 12.7. The molecule has 0 bridgehead atoms. The number of benzene rings is 1. The summed E-state index contributed by atoms with van der Waals surface area (Å²) in [7, 11) is 3.92. The summed E-state index contributed by atoms with van der Waals surface area (Å²) in [4.78, 5) is 14.1. The lowest BCUT2D eigenvalue weighted by Gasteiger charge is -2.28. The minimum Gasteiger partial charge on any atom is -0.381 e. The third-order valence-corrected chi connectivity index (χ3v) is 4.47. The molecule has 1 fully saturated rings. The number of nitrogens with one attached hydrogen (secondary N) is 2. The van der Waals surface area contributed by atoms with Gasteiger partial charge in [0, 0.05) is 43.7 Å². The smallest absolute Gasteiger partial charge is 0.246 e. The van der Waals surface area contributed by atoms with Crippen LogP contribution in [0.2, 0.25) is 0 Å². The molecule has 21 heavy (non-hydrogen) atoms. The molecule has 5 nitrogen and oxygen atoms in total. The average Bonchev–Trinajstić information content (AvgIpc) is 2.82. The van der Waals surface area contributed by atoms with Crippen LogP contribution in [0.3, 0.4) is 0 Å². The molecule has 2 N–H and O–H groups in total. The number of amides is 1. The molecule has 2 aliphatic heterocycles. The monoisotopic (exact) mass is 289 g/mol. The molecule has 1 aromatic carbocycles. The van der Waals surface area contributed by atoms with Crippen molar-refractivity contribution in [3.8, 4) is 0 Å². The van der Waals surface area contributed by atoms with Crippen molar-refractivity contribution >= 4 is 17.3 Å². The standard InChI is InChI=1S/C16H23N3O2/c1-17-15-13-4-3-12(9-14(13)18-16(15)20)19(2)10-11-5-7-21-8-6-11/h3-4,9,11,15,17H,5-8,10H2,1-2H3,(H,18,20). The first-order valence-electron chi connectivity index (χ1n) is 7.60. The molecular weight excluding hydrogens is 266 g/mol. The van der Waals surface area contributed by atoms with E-state index in [9.17, 15) is 4.79 Å². The number of likely N-dealkylation sites (N-methyl/N-ethyl adjacent to an activating group) is 1. The highest BCUT2D eigenvalue weighted by molar-refractivity contribution is 6.03. The molecule has 114 valence electrons. The average molecular weight is 289 g/mol. The minimum absolute atomic E-state index is 0.0248. The normalized spacial score (nSPS) is 22.0. The molecule has 0 aliphatic carbocycles. The highest BCUT2D eigenvalue weighted by atomic mass is 16.5. The Morgan fingerprint density at radius 3 is 2.86 bits per heavy atom. The van der Waals surface area contributed by atoms with E-state index in [1.54, 1.807) is 0 Å². The second-order valence-electron chi connectivity index (χ2n) is 5.92. The Morgan fingerprint density at radius 1 is 1.38 bits per heavy atom. The molecule has 1 unspecified atom stereocenters. The molecule has 5 heteroatoms. The summed E-state index contributed by atoms with van der Waals surface area (Å²) >= 11 is 0. The summed E-state index contributed by atoms with van der Waals surface area (Å²) in [5.74, 6) is 0.716. The van der Waals surface area contributed by atoms with Crippen LogP contribution in [0.5, 0.6) is 0 Å². The van der Waals surface area contributed by atoms with Crippen LogP contribution in [-0.2, 0) is 9.53 Å². The molecule has 3 rings (SSSR count). The number of hydrogen-bond acceptors (Lipinski definition) is 4. The van der Waals surface area contributed by atoms with Crippen LogP contribution >= 0.6 is 0 Å². The fourth-order valence-electron chi connectivity index (χ4n) is 3.20. The van der Waals surface area contributed by atoms with Crippen molar-refractivity contribution in [1.29, 1.82) is 0 Å². The Balaban J connectivity index is 1.72. The summed E-state index contributed by atoms with van der Waals surface area (Å²) in [6.07, 6.45) is 2.27. The van der Waals surface area contributed by atoms with E-state index in [0.717, 1.165) is 49.5 Å². The SMILES string of the molecule is CNC1C(=O)Nc2cc(N(C)CC3CCOCC3)ccc21. The van der Waals surface area contributed by atoms with E-state index in [1.807, 2.05) is 13.1 Å². The number of carbonyl (C=O) groups is 1. The van der Waals surface area contributed by atoms with Crippen molar-refractivity contribution in [2.24, 2.45) is 5.92 Å². The first-order chi connectivity index (χ1) is 10.2. The van der Waals surface area contributed by atoms with E-state index in [2.05, 4.69) is 34.7 Å². The number of anilines is 2. The van der Waals surface area contributed by atoms with Crippen molar-refractivity contribution in [2.45, 2.75) is 18.9 Å². The van der Waals surface area contributed by atoms with Gasteiger partial charge in [-0.1, -0.05) is 6.07 Å². The molecule has 1 amide bonds. The lowest BCUT2D eigenvalue weighted by Crippen LogP contribution is -2.29. The quantitative estimate of drug-likeness (QED) is 0.887. The van der Waals surface area contributed by atoms with Gasteiger partial charge in [0.15, 0.2) is 0 Å². The van der Waals surface area contributed by atoms with Crippen molar-refractivity contribution in [1.82, 2.24) is 5.32 Å². The van der Waals surface area contributed by atoms with Crippen LogP contribution < -0.4 is 15.5 Å². The second kappa shape index (κ2) is 6.03. The van der Waals surface area contributed by atoms with Gasteiger partial charge < -0.3 is 20.3 Å². The van der Waals surface area contributed by atoms with Crippen molar-refractivity contribution in [2.75, 3.05) is 44.1 Å². The number of hydrogen-bond donors (Lipinski definition) is 2. The van der Waals surface area contributed by atoms with Gasteiger partial charge in [-0.15, -0.1) is 0 Å². The number of rotatable bonds is 4. The van der Waals surface area contributed by atoms with Crippen LogP contribution in [0, 0.1) is 5.92 Å². The van der Waals surface area contributed by atoms with Crippen molar-refractivity contribution < 1.29 is 9.53 Å². The van der Waals surface area contributed by atoms with Gasteiger partial charge in [0.05, 0.1) is 0 Å². The third-order valence-electron chi connectivity index (χ3n) is 4.47. The highest BCUT2D eigenvalue weighted by Gasteiger charge is 2.29. The fraction of sp³-hybridized carbons (Fsp3) is 0.562. The van der Waals surface area contributed by atoms with Gasteiger partial charge >= 0.3 is 0 Å². The van der Waals surface area contributed by atoms with Gasteiger partial charge in [-0.2, -0.15) is 0 Å². The van der Waals surface area contributed by atoms with Gasteiger partial charge in [-0.25, -0.2) is 0 Å². The molecule has 1 aromatic rings. The van der Waals surface area contributed by atoms with Crippen LogP contribution in [0.1, 0.15) is 24.4 Å². The summed E-state index contributed by atoms with van der Waals surface area (Å²) < 4.78 is 5.41. The van der Waals surface area contributed by atoms with E-state index in [4.69, 9.17) is 4.74 Å². The first-order valence-corrected chi connectivity index (χ1v) is 7.60. The van der Waals surface area contributed by atoms with E-state index in [1.165, 1.54) is 0 Å². The highest BCUT2D eigenvalue weighted by Crippen LogP contribution is 2.34. The zero-order chi connectivity index (χ0) is 14.8. The van der Waals surface area contributed by atoms with E-state index in [0.29, 0.717) is 5.92 Å². The van der Waals surface area contributed by atoms with Gasteiger partial charge in [0.2, 0.25) is 5.91 Å². The maximum absolute atomic E-state index is 11.9. The van der Waals surface area contributed by atoms with Crippen LogP contribution in [-0.4, -0.2) is 39.8 Å². The van der Waals surface area contributed by atoms with Gasteiger partial charge in [-0.3, -0.25) is 4.79 Å². The predicted molar refractivity (Wildman–Crippen MR) is 83.7 cm³/mol. The van der Waals surface area contributed by atoms with Crippen LogP contribution in [0.15, 0.2) is 18.2 Å². The molecule has 2 aliphatic rings. The lowest BCUT2D eigenvalue weighted by molar-refractivity contribution is -0.117. The van der Waals surface area contributed by atoms with Crippen molar-refractivity contribution in [3.63, 3.8) is 0 Å². The van der Waals surface area contributed by atoms with Crippen LogP contribution in [0.4, 0.5) is 11.4 Å². The fourth-order valence-corrected chi connectivity index (χ4v) is 3.20. The lowest BCUT2D eigenvalue weighted by atomic mass is 9.99. The van der Waals surface area contributed by atoms with Crippen molar-refractivity contribution in [3.05, 3.63) is 23.8 Å². The van der Waals surface area contributed by atoms with Crippen LogP contribution in [0.25, 0.3) is 0 Å². The topological polar surface area (TPSA) is 53.6 Å². The Kier molecular flexibility index (Phi) is 4.12. The van der Waals surface area contributed by atoms with Gasteiger partial charge in [0.1, 0.15) is 6.04 Å². The summed E-state index contributed by atoms with van der Waals surface area (Å²) in [6.45, 7) is 2.79. The number of ether oxygens (including phenoxy) is 1. The number of fused-ring (bicyclic) bond motifs is 1. The molecule has 0 spiro atoms. The number of carbonyl (C=O) groups excluding carboxylic acids is 1. The maximum atomic E-state index is 11.9. The molecule has 0 radical (unpaired) electrons. The Hall–Kier alpha value is -1.59. The molecule has 0 saturated carbocycles. The Bertz CT molecular complexity index is 526. The minimum atomic E-state index is -0.227. The second-order valence-corrected chi connectivity index (χ2v) is 5.92. The molecule has 0 aromatic heterocycles. The molecule has 1 atom stereocenters. The Labute approximate surface area is 125 Å². The number of nitrogens with zero attached hydrogens (tertiary/aromatic N) is 1. The summed E-state index contributed by atoms with van der Waals surface area (Å²) in [5, 5.41) is 5.99. The van der Waals surface area contributed by atoms with Gasteiger partial charge in [0.25, 0.3) is 0 Å². The first kappa shape index (κ1) is 14.4. The zero-order valence-electron chi connectivity index (χ0n) is 12.7. The summed E-state index contributed by atoms with van der Waals surface area (Å²) in [5.41, 5.74) is 3.11. The molecule has 1 saturated heterocycles. The molecule has 2 heterocycles. The Morgan fingerprint density at radius 2 is 2.14 bits per heavy atom. The van der Waals surface area contributed by atoms with Gasteiger partial charge in [-0.05, 0) is 37.9 Å². The predicted octanol–water partition coefficient (Wildman–Crippen LogP) is 1.76. The maximum Gasteiger partial charge on any atom is 0.246 e. The van der Waals surface area contributed by atoms with E-state index >= 15 is 0 Å².